The number of amides is 1. The fourth-order valence-corrected chi connectivity index (χ4v) is 4.00. The molecular weight excluding hydrogens is 366 g/mol. The zero-order chi connectivity index (χ0) is 19.6. The van der Waals surface area contributed by atoms with Gasteiger partial charge in [-0.2, -0.15) is 15.4 Å². The maximum absolute atomic E-state index is 12.9. The number of carbonyl (C=O) groups is 1. The molecule has 146 valence electrons. The van der Waals surface area contributed by atoms with Gasteiger partial charge < -0.3 is 9.47 Å². The molecule has 4 heterocycles. The predicted molar refractivity (Wildman–Crippen MR) is 107 cm³/mol. The smallest absolute Gasteiger partial charge is 0.253 e. The first-order valence-electron chi connectivity index (χ1n) is 9.77. The quantitative estimate of drug-likeness (QED) is 0.581. The summed E-state index contributed by atoms with van der Waals surface area (Å²) in [6.07, 6.45) is 9.33. The highest BCUT2D eigenvalue weighted by Crippen LogP contribution is 2.28. The van der Waals surface area contributed by atoms with E-state index in [0.717, 1.165) is 43.8 Å². The molecule has 0 aliphatic carbocycles. The van der Waals surface area contributed by atoms with Crippen LogP contribution in [0, 0.1) is 0 Å². The average molecular weight is 387 g/mol. The molecule has 1 amide bonds. The zero-order valence-electron chi connectivity index (χ0n) is 15.9. The van der Waals surface area contributed by atoms with Crippen molar-refractivity contribution in [1.82, 2.24) is 34.8 Å². The molecule has 29 heavy (non-hydrogen) atoms. The Bertz CT molecular complexity index is 1130. The second-order valence-corrected chi connectivity index (χ2v) is 7.36. The van der Waals surface area contributed by atoms with Gasteiger partial charge in [-0.15, -0.1) is 0 Å². The standard InChI is InChI=1S/C21H21N7O/c29-21(17-1-2-18-19(13-17)25-26-24-18)27-10-5-16(6-11-27)20-23-9-12-28(20)14-15-3-7-22-8-4-15/h1-4,7-9,12-13,16H,5-6,10-11,14H2,(H,24,25,26). The van der Waals surface area contributed by atoms with E-state index in [-0.39, 0.29) is 5.91 Å². The van der Waals surface area contributed by atoms with E-state index in [1.165, 1.54) is 5.56 Å². The van der Waals surface area contributed by atoms with E-state index in [4.69, 9.17) is 0 Å². The fourth-order valence-electron chi connectivity index (χ4n) is 4.00. The lowest BCUT2D eigenvalue weighted by Crippen LogP contribution is -2.38. The molecule has 1 aromatic carbocycles. The third-order valence-electron chi connectivity index (χ3n) is 5.56. The summed E-state index contributed by atoms with van der Waals surface area (Å²) in [5, 5.41) is 10.7. The lowest BCUT2D eigenvalue weighted by atomic mass is 9.95. The number of nitrogens with zero attached hydrogens (tertiary/aromatic N) is 6. The molecule has 1 saturated heterocycles. The largest absolute Gasteiger partial charge is 0.339 e. The predicted octanol–water partition coefficient (Wildman–Crippen LogP) is 2.62. The van der Waals surface area contributed by atoms with Gasteiger partial charge in [0.15, 0.2) is 0 Å². The maximum atomic E-state index is 12.9. The number of piperidine rings is 1. The monoisotopic (exact) mass is 387 g/mol. The lowest BCUT2D eigenvalue weighted by Gasteiger charge is -2.32. The second kappa shape index (κ2) is 7.46. The summed E-state index contributed by atoms with van der Waals surface area (Å²) >= 11 is 0. The Labute approximate surface area is 167 Å². The summed E-state index contributed by atoms with van der Waals surface area (Å²) in [4.78, 5) is 23.5. The van der Waals surface area contributed by atoms with Gasteiger partial charge in [-0.1, -0.05) is 0 Å². The summed E-state index contributed by atoms with van der Waals surface area (Å²) < 4.78 is 2.20. The van der Waals surface area contributed by atoms with Gasteiger partial charge in [0.05, 0.1) is 0 Å². The minimum absolute atomic E-state index is 0.0495. The van der Waals surface area contributed by atoms with Crippen LogP contribution in [-0.2, 0) is 6.54 Å². The first-order valence-corrected chi connectivity index (χ1v) is 9.77. The Hall–Kier alpha value is -3.55. The highest BCUT2D eigenvalue weighted by atomic mass is 16.2. The number of aromatic amines is 1. The molecule has 0 radical (unpaired) electrons. The van der Waals surface area contributed by atoms with Crippen molar-refractivity contribution in [3.63, 3.8) is 0 Å². The topological polar surface area (TPSA) is 92.6 Å². The van der Waals surface area contributed by atoms with Crippen molar-refractivity contribution in [3.8, 4) is 0 Å². The molecule has 8 heteroatoms. The molecular formula is C21H21N7O. The molecule has 1 N–H and O–H groups in total. The van der Waals surface area contributed by atoms with Crippen molar-refractivity contribution in [1.29, 1.82) is 0 Å². The number of hydrogen-bond acceptors (Lipinski definition) is 5. The second-order valence-electron chi connectivity index (χ2n) is 7.36. The SMILES string of the molecule is O=C(c1ccc2n[nH]nc2c1)N1CCC(c2nccn2Cc2ccncc2)CC1. The van der Waals surface area contributed by atoms with Crippen molar-refractivity contribution in [2.45, 2.75) is 25.3 Å². The molecule has 1 aliphatic rings. The van der Waals surface area contributed by atoms with Crippen LogP contribution in [0.3, 0.4) is 0 Å². The summed E-state index contributed by atoms with van der Waals surface area (Å²) in [5.74, 6) is 1.50. The number of likely N-dealkylation sites (tertiary alicyclic amines) is 1. The van der Waals surface area contributed by atoms with Gasteiger partial charge in [0, 0.05) is 55.9 Å². The van der Waals surface area contributed by atoms with Crippen molar-refractivity contribution in [2.75, 3.05) is 13.1 Å². The summed E-state index contributed by atoms with van der Waals surface area (Å²) in [6, 6.07) is 9.50. The Morgan fingerprint density at radius 3 is 2.66 bits per heavy atom. The molecule has 3 aromatic heterocycles. The highest BCUT2D eigenvalue weighted by Gasteiger charge is 2.27. The van der Waals surface area contributed by atoms with Gasteiger partial charge in [0.2, 0.25) is 0 Å². The van der Waals surface area contributed by atoms with Gasteiger partial charge in [0.1, 0.15) is 16.9 Å². The van der Waals surface area contributed by atoms with Crippen LogP contribution >= 0.6 is 0 Å². The number of nitrogens with one attached hydrogen (secondary N) is 1. The Morgan fingerprint density at radius 1 is 1.03 bits per heavy atom. The van der Waals surface area contributed by atoms with Crippen LogP contribution in [0.15, 0.2) is 55.1 Å². The van der Waals surface area contributed by atoms with Crippen molar-refractivity contribution >= 4 is 16.9 Å². The van der Waals surface area contributed by atoms with Gasteiger partial charge in [-0.25, -0.2) is 4.98 Å². The van der Waals surface area contributed by atoms with Gasteiger partial charge in [-0.05, 0) is 48.7 Å². The number of hydrogen-bond donors (Lipinski definition) is 1. The van der Waals surface area contributed by atoms with E-state index < -0.39 is 0 Å². The first kappa shape index (κ1) is 17.5. The Morgan fingerprint density at radius 2 is 1.83 bits per heavy atom. The van der Waals surface area contributed by atoms with Crippen LogP contribution in [0.2, 0.25) is 0 Å². The Kier molecular flexibility index (Phi) is 4.51. The molecule has 0 unspecified atom stereocenters. The fraction of sp³-hybridized carbons (Fsp3) is 0.286. The highest BCUT2D eigenvalue weighted by molar-refractivity contribution is 5.97. The van der Waals surface area contributed by atoms with Crippen LogP contribution in [0.5, 0.6) is 0 Å². The minimum atomic E-state index is 0.0495. The van der Waals surface area contributed by atoms with Gasteiger partial charge in [-0.3, -0.25) is 9.78 Å². The molecule has 8 nitrogen and oxygen atoms in total. The molecule has 0 saturated carbocycles. The summed E-state index contributed by atoms with van der Waals surface area (Å²) in [5.41, 5.74) is 3.34. The number of H-pyrrole nitrogens is 1. The zero-order valence-corrected chi connectivity index (χ0v) is 15.9. The molecule has 0 atom stereocenters. The molecule has 4 aromatic rings. The molecule has 0 spiro atoms. The number of carbonyl (C=O) groups excluding carboxylic acids is 1. The number of imidazole rings is 1. The van der Waals surface area contributed by atoms with Crippen LogP contribution in [0.25, 0.3) is 11.0 Å². The summed E-state index contributed by atoms with van der Waals surface area (Å²) in [7, 11) is 0. The number of fused-ring (bicyclic) bond motifs is 1. The first-order chi connectivity index (χ1) is 14.3. The van der Waals surface area contributed by atoms with Crippen molar-refractivity contribution in [2.24, 2.45) is 0 Å². The third kappa shape index (κ3) is 3.49. The van der Waals surface area contributed by atoms with Crippen LogP contribution in [-0.4, -0.2) is 53.8 Å². The molecule has 0 bridgehead atoms. The number of pyridine rings is 1. The van der Waals surface area contributed by atoms with E-state index in [1.54, 1.807) is 6.07 Å². The van der Waals surface area contributed by atoms with Crippen molar-refractivity contribution < 1.29 is 4.79 Å². The van der Waals surface area contributed by atoms with E-state index in [2.05, 4.69) is 29.9 Å². The van der Waals surface area contributed by atoms with E-state index in [9.17, 15) is 4.79 Å². The third-order valence-corrected chi connectivity index (χ3v) is 5.56. The molecule has 1 aliphatic heterocycles. The Balaban J connectivity index is 1.26. The summed E-state index contributed by atoms with van der Waals surface area (Å²) in [6.45, 7) is 2.24. The minimum Gasteiger partial charge on any atom is -0.339 e. The van der Waals surface area contributed by atoms with E-state index in [0.29, 0.717) is 17.0 Å². The van der Waals surface area contributed by atoms with Crippen LogP contribution in [0.4, 0.5) is 0 Å². The van der Waals surface area contributed by atoms with Crippen LogP contribution < -0.4 is 0 Å². The lowest BCUT2D eigenvalue weighted by molar-refractivity contribution is 0.0710. The normalized spacial score (nSPS) is 15.1. The number of rotatable bonds is 4. The molecule has 5 rings (SSSR count). The van der Waals surface area contributed by atoms with Gasteiger partial charge >= 0.3 is 0 Å². The average Bonchev–Trinajstić information content (AvgIpc) is 3.43. The van der Waals surface area contributed by atoms with E-state index >= 15 is 0 Å². The molecule has 1 fully saturated rings. The van der Waals surface area contributed by atoms with E-state index in [1.807, 2.05) is 54.0 Å². The number of aromatic nitrogens is 6. The van der Waals surface area contributed by atoms with Gasteiger partial charge in [0.25, 0.3) is 5.91 Å². The van der Waals surface area contributed by atoms with Crippen LogP contribution in [0.1, 0.15) is 40.5 Å². The number of benzene rings is 1. The van der Waals surface area contributed by atoms with Crippen molar-refractivity contribution in [3.05, 3.63) is 72.1 Å². The maximum Gasteiger partial charge on any atom is 0.253 e.